The van der Waals surface area contributed by atoms with Gasteiger partial charge in [-0.05, 0) is 11.5 Å². The van der Waals surface area contributed by atoms with E-state index in [4.69, 9.17) is 4.74 Å². The summed E-state index contributed by atoms with van der Waals surface area (Å²) in [5.41, 5.74) is -0.259. The molecule has 7 heteroatoms. The van der Waals surface area contributed by atoms with Crippen molar-refractivity contribution in [3.05, 3.63) is 58.9 Å². The maximum atomic E-state index is 11.4. The van der Waals surface area contributed by atoms with Crippen LogP contribution in [0.5, 0.6) is 11.6 Å². The fourth-order valence-electron chi connectivity index (χ4n) is 2.30. The third kappa shape index (κ3) is 2.76. The molecular weight excluding hydrogens is 296 g/mol. The summed E-state index contributed by atoms with van der Waals surface area (Å²) in [6.07, 6.45) is 1.25. The van der Waals surface area contributed by atoms with Crippen molar-refractivity contribution >= 4 is 22.3 Å². The normalized spacial score (nSPS) is 10.5. The molecule has 23 heavy (non-hydrogen) atoms. The minimum absolute atomic E-state index is 0.0787. The smallest absolute Gasteiger partial charge is 0.373 e. The molecule has 0 aliphatic heterocycles. The summed E-state index contributed by atoms with van der Waals surface area (Å²) in [5.74, 6) is 0.625. The minimum atomic E-state index is -0.532. The number of fused-ring (bicyclic) bond motifs is 1. The number of ether oxygens (including phenoxy) is 1. The SMILES string of the molecule is CN(C)c1ncnc(Oc2cccc3ccccc23)c1[N+](=O)[O-]. The van der Waals surface area contributed by atoms with E-state index in [1.54, 1.807) is 25.1 Å². The maximum Gasteiger partial charge on any atom is 0.373 e. The zero-order valence-electron chi connectivity index (χ0n) is 12.6. The van der Waals surface area contributed by atoms with Gasteiger partial charge in [-0.25, -0.2) is 4.98 Å². The molecule has 0 N–H and O–H groups in total. The van der Waals surface area contributed by atoms with Gasteiger partial charge < -0.3 is 9.64 Å². The van der Waals surface area contributed by atoms with Gasteiger partial charge in [-0.15, -0.1) is 0 Å². The molecule has 1 heterocycles. The number of aromatic nitrogens is 2. The lowest BCUT2D eigenvalue weighted by Gasteiger charge is -2.13. The van der Waals surface area contributed by atoms with E-state index in [-0.39, 0.29) is 17.4 Å². The Kier molecular flexibility index (Phi) is 3.76. The molecule has 3 aromatic rings. The fraction of sp³-hybridized carbons (Fsp3) is 0.125. The molecule has 0 saturated heterocycles. The molecule has 0 atom stereocenters. The van der Waals surface area contributed by atoms with Crippen LogP contribution in [0.2, 0.25) is 0 Å². The van der Waals surface area contributed by atoms with Crippen LogP contribution in [0.25, 0.3) is 10.8 Å². The largest absolute Gasteiger partial charge is 0.433 e. The van der Waals surface area contributed by atoms with Crippen molar-refractivity contribution in [1.29, 1.82) is 0 Å². The topological polar surface area (TPSA) is 81.4 Å². The van der Waals surface area contributed by atoms with E-state index in [2.05, 4.69) is 9.97 Å². The van der Waals surface area contributed by atoms with Gasteiger partial charge >= 0.3 is 11.6 Å². The minimum Gasteiger partial charge on any atom is -0.433 e. The molecule has 116 valence electrons. The fourth-order valence-corrected chi connectivity index (χ4v) is 2.30. The molecule has 0 amide bonds. The standard InChI is InChI=1S/C16H14N4O3/c1-19(2)15-14(20(21)22)16(18-10-17-15)23-13-9-5-7-11-6-3-4-8-12(11)13/h3-10H,1-2H3. The Bertz CT molecular complexity index is 875. The van der Waals surface area contributed by atoms with Gasteiger partial charge in [0, 0.05) is 19.5 Å². The first-order valence-corrected chi connectivity index (χ1v) is 6.90. The first kappa shape index (κ1) is 14.7. The molecule has 0 saturated carbocycles. The highest BCUT2D eigenvalue weighted by Gasteiger charge is 2.26. The van der Waals surface area contributed by atoms with Crippen LogP contribution < -0.4 is 9.64 Å². The lowest BCUT2D eigenvalue weighted by Crippen LogP contribution is -2.14. The first-order valence-electron chi connectivity index (χ1n) is 6.90. The van der Waals surface area contributed by atoms with Crippen molar-refractivity contribution in [2.45, 2.75) is 0 Å². The number of hydrogen-bond acceptors (Lipinski definition) is 6. The molecule has 0 unspecified atom stereocenters. The Morgan fingerprint density at radius 3 is 2.57 bits per heavy atom. The van der Waals surface area contributed by atoms with E-state index in [9.17, 15) is 10.1 Å². The maximum absolute atomic E-state index is 11.4. The highest BCUT2D eigenvalue weighted by atomic mass is 16.6. The molecule has 0 fully saturated rings. The predicted octanol–water partition coefficient (Wildman–Crippen LogP) is 3.40. The predicted molar refractivity (Wildman–Crippen MR) is 87.0 cm³/mol. The van der Waals surface area contributed by atoms with E-state index < -0.39 is 4.92 Å². The Morgan fingerprint density at radius 1 is 1.09 bits per heavy atom. The molecule has 0 radical (unpaired) electrons. The van der Waals surface area contributed by atoms with Crippen LogP contribution in [-0.2, 0) is 0 Å². The molecule has 0 spiro atoms. The van der Waals surface area contributed by atoms with Gasteiger partial charge in [0.2, 0.25) is 5.82 Å². The zero-order chi connectivity index (χ0) is 16.4. The van der Waals surface area contributed by atoms with Gasteiger partial charge in [0.1, 0.15) is 12.1 Å². The number of anilines is 1. The van der Waals surface area contributed by atoms with E-state index in [1.807, 2.05) is 36.4 Å². The Morgan fingerprint density at radius 2 is 1.83 bits per heavy atom. The van der Waals surface area contributed by atoms with E-state index in [0.29, 0.717) is 5.75 Å². The van der Waals surface area contributed by atoms with Crippen molar-refractivity contribution < 1.29 is 9.66 Å². The molecule has 7 nitrogen and oxygen atoms in total. The monoisotopic (exact) mass is 310 g/mol. The van der Waals surface area contributed by atoms with Crippen LogP contribution in [0.3, 0.4) is 0 Å². The number of benzene rings is 2. The lowest BCUT2D eigenvalue weighted by molar-refractivity contribution is -0.385. The summed E-state index contributed by atoms with van der Waals surface area (Å²) < 4.78 is 5.76. The second kappa shape index (κ2) is 5.88. The molecule has 0 aliphatic carbocycles. The summed E-state index contributed by atoms with van der Waals surface area (Å²) >= 11 is 0. The van der Waals surface area contributed by atoms with Gasteiger partial charge in [0.05, 0.1) is 4.92 Å². The van der Waals surface area contributed by atoms with E-state index in [0.717, 1.165) is 10.8 Å². The van der Waals surface area contributed by atoms with Crippen molar-refractivity contribution in [3.8, 4) is 11.6 Å². The second-order valence-electron chi connectivity index (χ2n) is 5.08. The molecule has 0 aliphatic rings. The number of rotatable bonds is 4. The van der Waals surface area contributed by atoms with Crippen LogP contribution in [0, 0.1) is 10.1 Å². The van der Waals surface area contributed by atoms with Gasteiger partial charge in [-0.3, -0.25) is 10.1 Å². The molecule has 3 rings (SSSR count). The summed E-state index contributed by atoms with van der Waals surface area (Å²) in [7, 11) is 3.36. The van der Waals surface area contributed by atoms with Gasteiger partial charge in [-0.2, -0.15) is 4.98 Å². The van der Waals surface area contributed by atoms with Crippen LogP contribution in [0.1, 0.15) is 0 Å². The van der Waals surface area contributed by atoms with Crippen molar-refractivity contribution in [2.24, 2.45) is 0 Å². The third-order valence-electron chi connectivity index (χ3n) is 3.33. The van der Waals surface area contributed by atoms with Gasteiger partial charge in [0.15, 0.2) is 0 Å². The Labute approximate surface area is 132 Å². The first-order chi connectivity index (χ1) is 11.1. The molecule has 1 aromatic heterocycles. The average molecular weight is 310 g/mol. The average Bonchev–Trinajstić information content (AvgIpc) is 2.54. The third-order valence-corrected chi connectivity index (χ3v) is 3.33. The second-order valence-corrected chi connectivity index (χ2v) is 5.08. The number of hydrogen-bond donors (Lipinski definition) is 0. The summed E-state index contributed by atoms with van der Waals surface area (Å²) in [5, 5.41) is 13.3. The molecular formula is C16H14N4O3. The Hall–Kier alpha value is -3.22. The van der Waals surface area contributed by atoms with Crippen LogP contribution in [0.15, 0.2) is 48.8 Å². The highest BCUT2D eigenvalue weighted by Crippen LogP contribution is 2.37. The van der Waals surface area contributed by atoms with Crippen molar-refractivity contribution in [1.82, 2.24) is 9.97 Å². The van der Waals surface area contributed by atoms with Gasteiger partial charge in [0.25, 0.3) is 0 Å². The van der Waals surface area contributed by atoms with E-state index >= 15 is 0 Å². The lowest BCUT2D eigenvalue weighted by atomic mass is 10.1. The summed E-state index contributed by atoms with van der Waals surface area (Å²) in [6.45, 7) is 0. The van der Waals surface area contributed by atoms with Crippen molar-refractivity contribution in [2.75, 3.05) is 19.0 Å². The molecule has 0 bridgehead atoms. The number of nitrogens with zero attached hydrogens (tertiary/aromatic N) is 4. The van der Waals surface area contributed by atoms with Crippen molar-refractivity contribution in [3.63, 3.8) is 0 Å². The van der Waals surface area contributed by atoms with Crippen LogP contribution in [-0.4, -0.2) is 29.0 Å². The molecule has 2 aromatic carbocycles. The van der Waals surface area contributed by atoms with Crippen LogP contribution in [0.4, 0.5) is 11.5 Å². The van der Waals surface area contributed by atoms with Gasteiger partial charge in [-0.1, -0.05) is 36.4 Å². The Balaban J connectivity index is 2.12. The van der Waals surface area contributed by atoms with Crippen LogP contribution >= 0.6 is 0 Å². The zero-order valence-corrected chi connectivity index (χ0v) is 12.6. The highest BCUT2D eigenvalue weighted by molar-refractivity contribution is 5.88. The van der Waals surface area contributed by atoms with E-state index in [1.165, 1.54) is 6.33 Å². The summed E-state index contributed by atoms with van der Waals surface area (Å²) in [4.78, 5) is 20.3. The summed E-state index contributed by atoms with van der Waals surface area (Å²) in [6, 6.07) is 13.2. The number of nitro groups is 1. The quantitative estimate of drug-likeness (QED) is 0.542.